The van der Waals surface area contributed by atoms with Gasteiger partial charge in [-0.3, -0.25) is 19.1 Å². The summed E-state index contributed by atoms with van der Waals surface area (Å²) in [5, 5.41) is 0.172. The third-order valence-corrected chi connectivity index (χ3v) is 9.94. The first-order chi connectivity index (χ1) is 17.5. The molecule has 1 aliphatic heterocycles. The molecule has 5 atom stereocenters. The lowest BCUT2D eigenvalue weighted by Gasteiger charge is -2.36. The van der Waals surface area contributed by atoms with Crippen molar-refractivity contribution < 1.29 is 23.3 Å². The van der Waals surface area contributed by atoms with E-state index in [0.717, 1.165) is 6.42 Å². The predicted molar refractivity (Wildman–Crippen MR) is 146 cm³/mol. The fraction of sp³-hybridized carbons (Fsp3) is 0.800. The first-order valence-corrected chi connectivity index (χ1v) is 15.3. The second-order valence-electron chi connectivity index (χ2n) is 10.1. The molecule has 3 rings (SSSR count). The van der Waals surface area contributed by atoms with Gasteiger partial charge in [-0.2, -0.15) is 0 Å². The van der Waals surface area contributed by atoms with Crippen LogP contribution in [-0.4, -0.2) is 68.7 Å². The molecule has 5 unspecified atom stereocenters. The molecular weight excluding hydrogens is 517 g/mol. The highest BCUT2D eigenvalue weighted by atomic mass is 32.2. The first kappa shape index (κ1) is 30.5. The number of ether oxygens (including phenoxy) is 2. The van der Waals surface area contributed by atoms with Gasteiger partial charge in [-0.15, -0.1) is 0 Å². The molecule has 0 spiro atoms. The molecule has 0 radical (unpaired) electrons. The summed E-state index contributed by atoms with van der Waals surface area (Å²) in [6, 6.07) is 0.437. The molecule has 1 aromatic rings. The number of hydrogen-bond acceptors (Lipinski definition) is 9. The molecule has 2 heterocycles. The molecule has 37 heavy (non-hydrogen) atoms. The number of fused-ring (bicyclic) bond motifs is 1. The normalized spacial score (nSPS) is 25.7. The van der Waals surface area contributed by atoms with Crippen molar-refractivity contribution in [2.75, 3.05) is 25.6 Å². The van der Waals surface area contributed by atoms with Gasteiger partial charge in [0.15, 0.2) is 5.12 Å². The predicted octanol–water partition coefficient (Wildman–Crippen LogP) is 3.98. The van der Waals surface area contributed by atoms with Crippen molar-refractivity contribution in [2.24, 2.45) is 5.92 Å². The summed E-state index contributed by atoms with van der Waals surface area (Å²) in [5.41, 5.74) is -0.837. The van der Waals surface area contributed by atoms with E-state index in [2.05, 4.69) is 44.3 Å². The maximum atomic E-state index is 12.4. The van der Waals surface area contributed by atoms with Gasteiger partial charge in [0.05, 0.1) is 19.8 Å². The van der Waals surface area contributed by atoms with Crippen molar-refractivity contribution in [3.05, 3.63) is 32.6 Å². The molecule has 210 valence electrons. The lowest BCUT2D eigenvalue weighted by molar-refractivity contribution is -0.110. The van der Waals surface area contributed by atoms with E-state index in [1.165, 1.54) is 16.3 Å². The van der Waals surface area contributed by atoms with E-state index in [9.17, 15) is 14.4 Å². The number of rotatable bonds is 15. The Kier molecular flexibility index (Phi) is 11.0. The second-order valence-corrected chi connectivity index (χ2v) is 12.6. The van der Waals surface area contributed by atoms with Crippen molar-refractivity contribution in [3.63, 3.8) is 0 Å². The number of hydrogen-bond donors (Lipinski definition) is 1. The average Bonchev–Trinajstić information content (AvgIpc) is 3.22. The van der Waals surface area contributed by atoms with Crippen LogP contribution in [-0.2, 0) is 23.3 Å². The molecule has 12 heteroatoms. The molecule has 1 aromatic heterocycles. The number of carbonyl (C=O) groups is 1. The van der Waals surface area contributed by atoms with Crippen molar-refractivity contribution >= 4 is 25.4 Å². The quantitative estimate of drug-likeness (QED) is 0.252. The molecule has 1 N–H and O–H groups in total. The number of thioether (sulfide) groups is 1. The van der Waals surface area contributed by atoms with E-state index in [1.54, 1.807) is 13.1 Å². The van der Waals surface area contributed by atoms with Crippen LogP contribution in [0.5, 0.6) is 0 Å². The third kappa shape index (κ3) is 7.12. The monoisotopic (exact) mass is 559 g/mol. The van der Waals surface area contributed by atoms with Gasteiger partial charge in [0.25, 0.3) is 14.1 Å². The average molecular weight is 560 g/mol. The molecular formula is C25H42N3O7PS. The van der Waals surface area contributed by atoms with E-state index in [1.807, 2.05) is 6.92 Å². The molecule has 0 amide bonds. The van der Waals surface area contributed by atoms with Gasteiger partial charge in [-0.25, -0.2) is 9.46 Å². The van der Waals surface area contributed by atoms with Crippen molar-refractivity contribution in [3.8, 4) is 0 Å². The SMILES string of the molecule is CCC(=O)SCCOCCOP(OC1C2CC(n3cc(C)c(=O)[nH]c3=O)OC21CC)N(C(C)C)C(C)C. The summed E-state index contributed by atoms with van der Waals surface area (Å²) in [4.78, 5) is 37.9. The second kappa shape index (κ2) is 13.3. The summed E-state index contributed by atoms with van der Waals surface area (Å²) in [7, 11) is -1.37. The number of H-pyrrole nitrogens is 1. The maximum absolute atomic E-state index is 12.4. The summed E-state index contributed by atoms with van der Waals surface area (Å²) < 4.78 is 28.7. The number of nitrogens with zero attached hydrogens (tertiary/aromatic N) is 2. The minimum absolute atomic E-state index is 0.128. The Labute approximate surface area is 224 Å². The minimum Gasteiger partial charge on any atom is -0.378 e. The van der Waals surface area contributed by atoms with Crippen molar-refractivity contribution in [1.82, 2.24) is 14.2 Å². The van der Waals surface area contributed by atoms with E-state index >= 15 is 0 Å². The highest BCUT2D eigenvalue weighted by Gasteiger charge is 2.72. The maximum Gasteiger partial charge on any atom is 0.330 e. The Balaban J connectivity index is 1.61. The number of aromatic nitrogens is 2. The highest BCUT2D eigenvalue weighted by molar-refractivity contribution is 8.13. The Morgan fingerprint density at radius 1 is 1.24 bits per heavy atom. The lowest BCUT2D eigenvalue weighted by Crippen LogP contribution is -2.36. The minimum atomic E-state index is -1.37. The van der Waals surface area contributed by atoms with E-state index in [0.29, 0.717) is 44.0 Å². The lowest BCUT2D eigenvalue weighted by atomic mass is 10.2. The number of aryl methyl sites for hydroxylation is 1. The fourth-order valence-corrected chi connectivity index (χ4v) is 7.39. The van der Waals surface area contributed by atoms with Gasteiger partial charge >= 0.3 is 5.69 Å². The topological polar surface area (TPSA) is 112 Å². The highest BCUT2D eigenvalue weighted by Crippen LogP contribution is 2.66. The summed E-state index contributed by atoms with van der Waals surface area (Å²) in [5.74, 6) is 0.780. The Morgan fingerprint density at radius 2 is 1.95 bits per heavy atom. The van der Waals surface area contributed by atoms with Gasteiger partial charge in [0.2, 0.25) is 0 Å². The van der Waals surface area contributed by atoms with Crippen LogP contribution in [0, 0.1) is 12.8 Å². The molecule has 2 aliphatic rings. The van der Waals surface area contributed by atoms with Gasteiger partial charge in [-0.1, -0.05) is 25.6 Å². The number of carbonyl (C=O) groups excluding carboxylic acids is 1. The van der Waals surface area contributed by atoms with Crippen LogP contribution in [0.1, 0.15) is 72.6 Å². The molecule has 2 fully saturated rings. The van der Waals surface area contributed by atoms with Crippen LogP contribution in [0.15, 0.2) is 15.8 Å². The first-order valence-electron chi connectivity index (χ1n) is 13.2. The van der Waals surface area contributed by atoms with Crippen molar-refractivity contribution in [1.29, 1.82) is 0 Å². The van der Waals surface area contributed by atoms with Crippen LogP contribution in [0.3, 0.4) is 0 Å². The molecule has 1 saturated heterocycles. The fourth-order valence-electron chi connectivity index (χ4n) is 4.95. The van der Waals surface area contributed by atoms with Crippen LogP contribution in [0.4, 0.5) is 0 Å². The smallest absolute Gasteiger partial charge is 0.330 e. The summed E-state index contributed by atoms with van der Waals surface area (Å²) in [6.07, 6.45) is 2.92. The Bertz CT molecular complexity index is 1020. The van der Waals surface area contributed by atoms with Crippen LogP contribution in [0.25, 0.3) is 0 Å². The summed E-state index contributed by atoms with van der Waals surface area (Å²) >= 11 is 1.30. The van der Waals surface area contributed by atoms with Gasteiger partial charge < -0.3 is 18.5 Å². The zero-order chi connectivity index (χ0) is 27.3. The number of aromatic amines is 1. The van der Waals surface area contributed by atoms with Crippen LogP contribution in [0.2, 0.25) is 0 Å². The van der Waals surface area contributed by atoms with Gasteiger partial charge in [-0.05, 0) is 41.0 Å². The largest absolute Gasteiger partial charge is 0.378 e. The summed E-state index contributed by atoms with van der Waals surface area (Å²) in [6.45, 7) is 15.4. The van der Waals surface area contributed by atoms with Crippen molar-refractivity contribution in [2.45, 2.75) is 97.7 Å². The molecule has 10 nitrogen and oxygen atoms in total. The standard InChI is InChI=1S/C25H42N3O7PS/c1-8-21(29)37-13-12-32-10-11-33-36(28(16(3)4)17(5)6)35-22-19-14-20(34-25(19,22)9-2)27-15-18(7)23(30)26-24(27)31/h15-17,19-20,22H,8-14H2,1-7H3,(H,26,30,31). The van der Waals surface area contributed by atoms with Gasteiger partial charge in [0.1, 0.15) is 17.9 Å². The van der Waals surface area contributed by atoms with E-state index in [-0.39, 0.29) is 34.8 Å². The van der Waals surface area contributed by atoms with Crippen LogP contribution >= 0.6 is 20.3 Å². The zero-order valence-electron chi connectivity index (χ0n) is 23.0. The zero-order valence-corrected chi connectivity index (χ0v) is 24.7. The van der Waals surface area contributed by atoms with Gasteiger partial charge in [0, 0.05) is 48.4 Å². The van der Waals surface area contributed by atoms with Crippen LogP contribution < -0.4 is 11.2 Å². The molecule has 1 saturated carbocycles. The number of nitrogens with one attached hydrogen (secondary N) is 1. The molecule has 0 aromatic carbocycles. The van der Waals surface area contributed by atoms with E-state index < -0.39 is 26.0 Å². The molecule has 0 bridgehead atoms. The van der Waals surface area contributed by atoms with E-state index in [4.69, 9.17) is 18.5 Å². The Morgan fingerprint density at radius 3 is 2.54 bits per heavy atom. The molecule has 1 aliphatic carbocycles. The third-order valence-electron chi connectivity index (χ3n) is 6.84. The Hall–Kier alpha value is -1.07.